The van der Waals surface area contributed by atoms with Crippen molar-refractivity contribution in [3.63, 3.8) is 0 Å². The molecule has 5 nitrogen and oxygen atoms in total. The van der Waals surface area contributed by atoms with Gasteiger partial charge in [-0.25, -0.2) is 0 Å². The topological polar surface area (TPSA) is 67.4 Å². The molecule has 2 N–H and O–H groups in total. The molecule has 0 unspecified atom stereocenters. The molecule has 0 spiro atoms. The predicted octanol–water partition coefficient (Wildman–Crippen LogP) is 6.24. The quantitative estimate of drug-likeness (QED) is 0.424. The van der Waals surface area contributed by atoms with Crippen LogP contribution in [0.1, 0.15) is 31.8 Å². The Balaban J connectivity index is 1.93. The first-order valence-electron chi connectivity index (χ1n) is 9.54. The minimum atomic E-state index is -5.11. The Morgan fingerprint density at radius 2 is 1.26 bits per heavy atom. The third kappa shape index (κ3) is 5.85. The number of benzene rings is 3. The van der Waals surface area contributed by atoms with Gasteiger partial charge in [0.1, 0.15) is 5.75 Å². The zero-order valence-electron chi connectivity index (χ0n) is 17.3. The fourth-order valence-corrected chi connectivity index (χ4v) is 2.95. The van der Waals surface area contributed by atoms with Gasteiger partial charge in [0.25, 0.3) is 11.8 Å². The largest absolute Gasteiger partial charge is 0.495 e. The summed E-state index contributed by atoms with van der Waals surface area (Å²) < 4.78 is 83.7. The number of ether oxygens (including phenoxy) is 1. The Labute approximate surface area is 189 Å². The van der Waals surface area contributed by atoms with Crippen molar-refractivity contribution < 1.29 is 40.7 Å². The van der Waals surface area contributed by atoms with Crippen molar-refractivity contribution in [1.29, 1.82) is 0 Å². The van der Waals surface area contributed by atoms with Crippen molar-refractivity contribution in [2.24, 2.45) is 0 Å². The van der Waals surface area contributed by atoms with Crippen LogP contribution in [0.5, 0.6) is 5.75 Å². The third-order valence-electron chi connectivity index (χ3n) is 4.59. The minimum Gasteiger partial charge on any atom is -0.495 e. The molecular weight excluding hydrogens is 466 g/mol. The molecule has 11 heteroatoms. The average Bonchev–Trinajstić information content (AvgIpc) is 2.78. The van der Waals surface area contributed by atoms with Gasteiger partial charge < -0.3 is 15.4 Å². The molecule has 0 heterocycles. The summed E-state index contributed by atoms with van der Waals surface area (Å²) in [6.45, 7) is 0. The number of carbonyl (C=O) groups excluding carboxylic acids is 2. The summed E-state index contributed by atoms with van der Waals surface area (Å²) in [6.07, 6.45) is -10.2. The van der Waals surface area contributed by atoms with Crippen LogP contribution in [-0.4, -0.2) is 18.9 Å². The molecule has 0 fully saturated rings. The number of hydrogen-bond donors (Lipinski definition) is 2. The number of hydrogen-bond acceptors (Lipinski definition) is 3. The van der Waals surface area contributed by atoms with Crippen molar-refractivity contribution in [2.45, 2.75) is 12.4 Å². The van der Waals surface area contributed by atoms with Gasteiger partial charge in [0, 0.05) is 16.8 Å². The van der Waals surface area contributed by atoms with Gasteiger partial charge in [-0.15, -0.1) is 0 Å². The number of carbonyl (C=O) groups is 2. The van der Waals surface area contributed by atoms with Crippen LogP contribution in [0.4, 0.5) is 37.7 Å². The summed E-state index contributed by atoms with van der Waals surface area (Å²) in [4.78, 5) is 25.1. The lowest BCUT2D eigenvalue weighted by atomic mass is 10.0. The highest BCUT2D eigenvalue weighted by atomic mass is 19.4. The number of nitrogens with one attached hydrogen (secondary N) is 2. The highest BCUT2D eigenvalue weighted by molar-refractivity contribution is 6.08. The number of para-hydroxylation sites is 1. The summed E-state index contributed by atoms with van der Waals surface area (Å²) in [6, 6.07) is 12.8. The molecule has 0 saturated carbocycles. The number of rotatable bonds is 5. The van der Waals surface area contributed by atoms with Gasteiger partial charge >= 0.3 is 12.4 Å². The molecule has 34 heavy (non-hydrogen) atoms. The van der Waals surface area contributed by atoms with Crippen molar-refractivity contribution in [1.82, 2.24) is 0 Å². The first-order valence-corrected chi connectivity index (χ1v) is 9.54. The Morgan fingerprint density at radius 1 is 0.706 bits per heavy atom. The van der Waals surface area contributed by atoms with E-state index in [2.05, 4.69) is 10.6 Å². The molecule has 0 atom stereocenters. The molecule has 3 aromatic carbocycles. The minimum absolute atomic E-state index is 0.0348. The molecule has 0 aliphatic carbocycles. The fraction of sp³-hybridized carbons (Fsp3) is 0.130. The zero-order chi connectivity index (χ0) is 25.1. The van der Waals surface area contributed by atoms with Crippen LogP contribution in [0.3, 0.4) is 0 Å². The van der Waals surface area contributed by atoms with Gasteiger partial charge in [-0.1, -0.05) is 18.2 Å². The van der Waals surface area contributed by atoms with Crippen LogP contribution in [0.2, 0.25) is 0 Å². The second-order valence-corrected chi connectivity index (χ2v) is 6.98. The van der Waals surface area contributed by atoms with E-state index in [-0.39, 0.29) is 23.1 Å². The van der Waals surface area contributed by atoms with E-state index in [4.69, 9.17) is 4.74 Å². The van der Waals surface area contributed by atoms with Crippen molar-refractivity contribution >= 4 is 23.2 Å². The van der Waals surface area contributed by atoms with Gasteiger partial charge in [-0.05, 0) is 48.5 Å². The maximum atomic E-state index is 13.1. The van der Waals surface area contributed by atoms with E-state index in [9.17, 15) is 35.9 Å². The van der Waals surface area contributed by atoms with Crippen LogP contribution in [0, 0.1) is 0 Å². The Bertz CT molecular complexity index is 1180. The van der Waals surface area contributed by atoms with Crippen molar-refractivity contribution in [2.75, 3.05) is 17.7 Å². The Hall–Kier alpha value is -4.02. The van der Waals surface area contributed by atoms with E-state index in [1.165, 1.54) is 25.3 Å². The summed E-state index contributed by atoms with van der Waals surface area (Å²) in [5, 5.41) is 4.83. The molecule has 0 radical (unpaired) electrons. The van der Waals surface area contributed by atoms with E-state index in [0.29, 0.717) is 17.8 Å². The van der Waals surface area contributed by atoms with E-state index < -0.39 is 40.9 Å². The highest BCUT2D eigenvalue weighted by Crippen LogP contribution is 2.36. The summed E-state index contributed by atoms with van der Waals surface area (Å²) in [5.41, 5.74) is -3.72. The molecule has 2 amide bonds. The lowest BCUT2D eigenvalue weighted by molar-refractivity contribution is -0.143. The number of methoxy groups -OCH3 is 1. The number of anilines is 2. The van der Waals surface area contributed by atoms with E-state index in [1.54, 1.807) is 30.3 Å². The first-order chi connectivity index (χ1) is 15.9. The average molecular weight is 482 g/mol. The highest BCUT2D eigenvalue weighted by Gasteiger charge is 2.37. The van der Waals surface area contributed by atoms with Crippen LogP contribution in [0.15, 0.2) is 66.7 Å². The number of halogens is 6. The zero-order valence-corrected chi connectivity index (χ0v) is 17.3. The standard InChI is InChI=1S/C23H16F6N2O3/c1-34-19-8-7-13(20(32)30-17-5-3-2-4-6-17)11-18(19)31-21(33)14-9-15(22(24,25)26)12-16(10-14)23(27,28)29/h2-12H,1H3,(H,30,32)(H,31,33). The SMILES string of the molecule is COc1ccc(C(=O)Nc2ccccc2)cc1NC(=O)c1cc(C(F)(F)F)cc(C(F)(F)F)c1. The molecular formula is C23H16F6N2O3. The number of alkyl halides is 6. The summed E-state index contributed by atoms with van der Waals surface area (Å²) in [5.74, 6) is -1.79. The van der Waals surface area contributed by atoms with E-state index in [0.717, 1.165) is 0 Å². The lowest BCUT2D eigenvalue weighted by Gasteiger charge is -2.15. The smallest absolute Gasteiger partial charge is 0.416 e. The monoisotopic (exact) mass is 482 g/mol. The van der Waals surface area contributed by atoms with Crippen LogP contribution < -0.4 is 15.4 Å². The second kappa shape index (κ2) is 9.46. The molecule has 0 saturated heterocycles. The van der Waals surface area contributed by atoms with Gasteiger partial charge in [0.15, 0.2) is 0 Å². The normalized spacial score (nSPS) is 11.6. The van der Waals surface area contributed by atoms with E-state index in [1.807, 2.05) is 0 Å². The number of amides is 2. The maximum Gasteiger partial charge on any atom is 0.416 e. The van der Waals surface area contributed by atoms with Crippen molar-refractivity contribution in [3.8, 4) is 5.75 Å². The Kier molecular flexibility index (Phi) is 6.85. The van der Waals surface area contributed by atoms with Crippen LogP contribution >= 0.6 is 0 Å². The van der Waals surface area contributed by atoms with E-state index >= 15 is 0 Å². The van der Waals surface area contributed by atoms with Gasteiger partial charge in [0.05, 0.1) is 23.9 Å². The lowest BCUT2D eigenvalue weighted by Crippen LogP contribution is -2.18. The van der Waals surface area contributed by atoms with Gasteiger partial charge in [-0.3, -0.25) is 9.59 Å². The van der Waals surface area contributed by atoms with Crippen LogP contribution in [-0.2, 0) is 12.4 Å². The first kappa shape index (κ1) is 24.6. The van der Waals surface area contributed by atoms with Gasteiger partial charge in [-0.2, -0.15) is 26.3 Å². The molecule has 0 bridgehead atoms. The molecule has 0 aromatic heterocycles. The Morgan fingerprint density at radius 3 is 1.79 bits per heavy atom. The molecule has 0 aliphatic heterocycles. The van der Waals surface area contributed by atoms with Crippen molar-refractivity contribution in [3.05, 3.63) is 89.0 Å². The third-order valence-corrected chi connectivity index (χ3v) is 4.59. The fourth-order valence-electron chi connectivity index (χ4n) is 2.95. The van der Waals surface area contributed by atoms with Crippen LogP contribution in [0.25, 0.3) is 0 Å². The second-order valence-electron chi connectivity index (χ2n) is 6.98. The molecule has 0 aliphatic rings. The molecule has 3 rings (SSSR count). The molecule has 178 valence electrons. The maximum absolute atomic E-state index is 13.1. The van der Waals surface area contributed by atoms with Gasteiger partial charge in [0.2, 0.25) is 0 Å². The molecule has 3 aromatic rings. The predicted molar refractivity (Wildman–Crippen MR) is 112 cm³/mol. The summed E-state index contributed by atoms with van der Waals surface area (Å²) in [7, 11) is 1.24. The summed E-state index contributed by atoms with van der Waals surface area (Å²) >= 11 is 0.